The van der Waals surface area contributed by atoms with Crippen molar-refractivity contribution in [2.45, 2.75) is 52.9 Å². The van der Waals surface area contributed by atoms with Gasteiger partial charge in [-0.25, -0.2) is 4.98 Å². The van der Waals surface area contributed by atoms with Gasteiger partial charge < -0.3 is 11.1 Å². The largest absolute Gasteiger partial charge is 0.330 e. The molecule has 4 heteroatoms. The lowest BCUT2D eigenvalue weighted by molar-refractivity contribution is 0.210. The van der Waals surface area contributed by atoms with Gasteiger partial charge in [0.2, 0.25) is 0 Å². The third kappa shape index (κ3) is 6.33. The van der Waals surface area contributed by atoms with Crippen molar-refractivity contribution in [3.8, 4) is 0 Å². The topological polar surface area (TPSA) is 50.9 Å². The first-order chi connectivity index (χ1) is 9.45. The molecule has 1 aromatic rings. The molecule has 1 rings (SSSR count). The van der Waals surface area contributed by atoms with Crippen LogP contribution in [0.1, 0.15) is 57.9 Å². The molecular formula is C16H31N3S. The van der Waals surface area contributed by atoms with Gasteiger partial charge in [0.1, 0.15) is 0 Å². The highest BCUT2D eigenvalue weighted by atomic mass is 32.1. The molecule has 3 N–H and O–H groups in total. The SMILES string of the molecule is CC(CNCCCC(CCN)C(C)(C)C)c1nccs1. The lowest BCUT2D eigenvalue weighted by Crippen LogP contribution is -2.26. The number of hydrogen-bond acceptors (Lipinski definition) is 4. The number of nitrogens with two attached hydrogens (primary N) is 1. The Labute approximate surface area is 128 Å². The van der Waals surface area contributed by atoms with Crippen LogP contribution < -0.4 is 11.1 Å². The second kappa shape index (κ2) is 8.75. The van der Waals surface area contributed by atoms with Gasteiger partial charge in [-0.05, 0) is 43.7 Å². The monoisotopic (exact) mass is 297 g/mol. The van der Waals surface area contributed by atoms with Crippen LogP contribution in [-0.4, -0.2) is 24.6 Å². The molecule has 0 aromatic carbocycles. The maximum Gasteiger partial charge on any atom is 0.0965 e. The van der Waals surface area contributed by atoms with Crippen molar-refractivity contribution in [2.24, 2.45) is 17.1 Å². The van der Waals surface area contributed by atoms with E-state index < -0.39 is 0 Å². The molecule has 0 aliphatic heterocycles. The third-order valence-electron chi connectivity index (χ3n) is 3.97. The van der Waals surface area contributed by atoms with Crippen molar-refractivity contribution in [3.05, 3.63) is 16.6 Å². The first-order valence-corrected chi connectivity index (χ1v) is 8.63. The highest BCUT2D eigenvalue weighted by Gasteiger charge is 2.23. The van der Waals surface area contributed by atoms with Gasteiger partial charge in [0.25, 0.3) is 0 Å². The maximum atomic E-state index is 5.73. The third-order valence-corrected chi connectivity index (χ3v) is 4.98. The molecule has 0 saturated heterocycles. The van der Waals surface area contributed by atoms with Crippen LogP contribution in [0.4, 0.5) is 0 Å². The lowest BCUT2D eigenvalue weighted by atomic mass is 9.76. The van der Waals surface area contributed by atoms with Crippen molar-refractivity contribution in [1.82, 2.24) is 10.3 Å². The van der Waals surface area contributed by atoms with E-state index in [0.717, 1.165) is 32.0 Å². The average molecular weight is 298 g/mol. The van der Waals surface area contributed by atoms with Crippen LogP contribution in [-0.2, 0) is 0 Å². The minimum Gasteiger partial charge on any atom is -0.330 e. The Bertz CT molecular complexity index is 343. The van der Waals surface area contributed by atoms with Crippen LogP contribution in [0.15, 0.2) is 11.6 Å². The molecule has 0 fully saturated rings. The summed E-state index contributed by atoms with van der Waals surface area (Å²) < 4.78 is 0. The summed E-state index contributed by atoms with van der Waals surface area (Å²) in [5, 5.41) is 6.84. The molecule has 1 heterocycles. The number of rotatable bonds is 9. The van der Waals surface area contributed by atoms with Gasteiger partial charge in [0, 0.05) is 24.0 Å². The van der Waals surface area contributed by atoms with Crippen LogP contribution in [0.3, 0.4) is 0 Å². The highest BCUT2D eigenvalue weighted by molar-refractivity contribution is 7.09. The normalized spacial score (nSPS) is 15.2. The molecule has 3 nitrogen and oxygen atoms in total. The zero-order valence-electron chi connectivity index (χ0n) is 13.5. The van der Waals surface area contributed by atoms with Crippen molar-refractivity contribution in [3.63, 3.8) is 0 Å². The highest BCUT2D eigenvalue weighted by Crippen LogP contribution is 2.31. The summed E-state index contributed by atoms with van der Waals surface area (Å²) in [7, 11) is 0. The fourth-order valence-electron chi connectivity index (χ4n) is 2.57. The molecule has 1 aromatic heterocycles. The Morgan fingerprint density at radius 2 is 2.10 bits per heavy atom. The smallest absolute Gasteiger partial charge is 0.0965 e. The Balaban J connectivity index is 2.17. The van der Waals surface area contributed by atoms with Gasteiger partial charge in [-0.15, -0.1) is 11.3 Å². The van der Waals surface area contributed by atoms with Gasteiger partial charge in [-0.1, -0.05) is 27.7 Å². The van der Waals surface area contributed by atoms with E-state index in [4.69, 9.17) is 5.73 Å². The Morgan fingerprint density at radius 3 is 2.65 bits per heavy atom. The second-order valence-electron chi connectivity index (χ2n) is 6.76. The summed E-state index contributed by atoms with van der Waals surface area (Å²) in [5.74, 6) is 1.24. The van der Waals surface area contributed by atoms with E-state index in [1.807, 2.05) is 11.6 Å². The standard InChI is InChI=1S/C16H31N3S/c1-13(15-19-10-11-20-15)12-18-9-5-6-14(7-8-17)16(2,3)4/h10-11,13-14,18H,5-9,12,17H2,1-4H3. The minimum absolute atomic E-state index is 0.369. The summed E-state index contributed by atoms with van der Waals surface area (Å²) in [4.78, 5) is 4.36. The summed E-state index contributed by atoms with van der Waals surface area (Å²) in [6.07, 6.45) is 5.52. The van der Waals surface area contributed by atoms with E-state index in [1.54, 1.807) is 11.3 Å². The van der Waals surface area contributed by atoms with Gasteiger partial charge in [-0.3, -0.25) is 0 Å². The number of hydrogen-bond donors (Lipinski definition) is 2. The molecule has 0 saturated carbocycles. The molecule has 2 atom stereocenters. The zero-order chi connectivity index (χ0) is 15.0. The minimum atomic E-state index is 0.369. The molecule has 20 heavy (non-hydrogen) atoms. The second-order valence-corrected chi connectivity index (χ2v) is 7.68. The number of nitrogens with one attached hydrogen (secondary N) is 1. The van der Waals surface area contributed by atoms with Crippen molar-refractivity contribution < 1.29 is 0 Å². The van der Waals surface area contributed by atoms with Gasteiger partial charge in [-0.2, -0.15) is 0 Å². The predicted octanol–water partition coefficient (Wildman–Crippen LogP) is 3.63. The van der Waals surface area contributed by atoms with Gasteiger partial charge in [0.05, 0.1) is 5.01 Å². The number of thiazole rings is 1. The van der Waals surface area contributed by atoms with E-state index >= 15 is 0 Å². The Morgan fingerprint density at radius 1 is 1.35 bits per heavy atom. The number of nitrogens with zero attached hydrogens (tertiary/aromatic N) is 1. The molecule has 0 aliphatic rings. The molecule has 0 radical (unpaired) electrons. The molecule has 116 valence electrons. The van der Waals surface area contributed by atoms with E-state index in [-0.39, 0.29) is 0 Å². The molecule has 2 unspecified atom stereocenters. The molecule has 0 bridgehead atoms. The van der Waals surface area contributed by atoms with E-state index in [2.05, 4.69) is 38.0 Å². The Kier molecular flexibility index (Phi) is 7.70. The summed E-state index contributed by atoms with van der Waals surface area (Å²) in [6.45, 7) is 12.1. The zero-order valence-corrected chi connectivity index (χ0v) is 14.3. The van der Waals surface area contributed by atoms with Crippen molar-refractivity contribution in [1.29, 1.82) is 0 Å². The maximum absolute atomic E-state index is 5.73. The van der Waals surface area contributed by atoms with E-state index in [1.165, 1.54) is 17.8 Å². The van der Waals surface area contributed by atoms with Crippen molar-refractivity contribution in [2.75, 3.05) is 19.6 Å². The predicted molar refractivity (Wildman–Crippen MR) is 89.2 cm³/mol. The fraction of sp³-hybridized carbons (Fsp3) is 0.812. The Hall–Kier alpha value is -0.450. The summed E-state index contributed by atoms with van der Waals surface area (Å²) in [6, 6.07) is 0. The number of aromatic nitrogens is 1. The summed E-state index contributed by atoms with van der Waals surface area (Å²) >= 11 is 1.74. The molecule has 0 aliphatic carbocycles. The summed E-state index contributed by atoms with van der Waals surface area (Å²) in [5.41, 5.74) is 6.10. The van der Waals surface area contributed by atoms with Gasteiger partial charge in [0.15, 0.2) is 0 Å². The molecule has 0 spiro atoms. The lowest BCUT2D eigenvalue weighted by Gasteiger charge is -2.30. The van der Waals surface area contributed by atoms with Crippen LogP contribution in [0, 0.1) is 11.3 Å². The van der Waals surface area contributed by atoms with E-state index in [9.17, 15) is 0 Å². The first-order valence-electron chi connectivity index (χ1n) is 7.75. The fourth-order valence-corrected chi connectivity index (χ4v) is 3.27. The van der Waals surface area contributed by atoms with E-state index in [0.29, 0.717) is 11.3 Å². The first kappa shape index (κ1) is 17.6. The quantitative estimate of drug-likeness (QED) is 0.684. The van der Waals surface area contributed by atoms with Crippen LogP contribution in [0.5, 0.6) is 0 Å². The molecule has 0 amide bonds. The van der Waals surface area contributed by atoms with Crippen LogP contribution in [0.25, 0.3) is 0 Å². The van der Waals surface area contributed by atoms with Crippen LogP contribution in [0.2, 0.25) is 0 Å². The average Bonchev–Trinajstić information content (AvgIpc) is 2.89. The van der Waals surface area contributed by atoms with Gasteiger partial charge >= 0.3 is 0 Å². The van der Waals surface area contributed by atoms with Crippen molar-refractivity contribution >= 4 is 11.3 Å². The molecular weight excluding hydrogens is 266 g/mol. The van der Waals surface area contributed by atoms with Crippen LogP contribution >= 0.6 is 11.3 Å².